The third-order valence-electron chi connectivity index (χ3n) is 2.26. The standard InChI is InChI=1S/C10H14ClN3O3/c11-2-1-8(15)9(16)6-3-7(5-13-4-6)10(17)14-12/h3-5,8-9,15-16H,1-2,12H2,(H,14,17). The predicted octanol–water partition coefficient (Wildman–Crippen LogP) is -0.292. The highest BCUT2D eigenvalue weighted by atomic mass is 35.5. The third kappa shape index (κ3) is 3.64. The molecule has 6 nitrogen and oxygen atoms in total. The van der Waals surface area contributed by atoms with Gasteiger partial charge in [-0.25, -0.2) is 5.84 Å². The van der Waals surface area contributed by atoms with Gasteiger partial charge in [-0.3, -0.25) is 15.2 Å². The van der Waals surface area contributed by atoms with Gasteiger partial charge in [0.1, 0.15) is 6.10 Å². The van der Waals surface area contributed by atoms with Crippen LogP contribution in [0.25, 0.3) is 0 Å². The largest absolute Gasteiger partial charge is 0.390 e. The summed E-state index contributed by atoms with van der Waals surface area (Å²) in [5.74, 6) is 4.70. The van der Waals surface area contributed by atoms with Crippen molar-refractivity contribution < 1.29 is 15.0 Å². The third-order valence-corrected chi connectivity index (χ3v) is 2.48. The van der Waals surface area contributed by atoms with Crippen LogP contribution in [0.5, 0.6) is 0 Å². The molecular weight excluding hydrogens is 246 g/mol. The summed E-state index contributed by atoms with van der Waals surface area (Å²) in [5.41, 5.74) is 2.50. The van der Waals surface area contributed by atoms with Crippen LogP contribution in [0.4, 0.5) is 0 Å². The van der Waals surface area contributed by atoms with Gasteiger partial charge in [0, 0.05) is 23.8 Å². The molecule has 1 rings (SSSR count). The first-order chi connectivity index (χ1) is 8.10. The Balaban J connectivity index is 2.87. The Morgan fingerprint density at radius 3 is 2.82 bits per heavy atom. The number of nitrogens with zero attached hydrogens (tertiary/aromatic N) is 1. The molecule has 0 fully saturated rings. The van der Waals surface area contributed by atoms with E-state index in [9.17, 15) is 15.0 Å². The number of rotatable bonds is 5. The number of nitrogens with two attached hydrogens (primary N) is 1. The number of nitrogens with one attached hydrogen (secondary N) is 1. The topological polar surface area (TPSA) is 108 Å². The molecular formula is C10H14ClN3O3. The molecule has 0 saturated carbocycles. The molecule has 0 aromatic carbocycles. The van der Waals surface area contributed by atoms with Gasteiger partial charge in [0.15, 0.2) is 0 Å². The van der Waals surface area contributed by atoms with Crippen LogP contribution in [0.2, 0.25) is 0 Å². The minimum absolute atomic E-state index is 0.210. The Labute approximate surface area is 103 Å². The molecule has 0 saturated heterocycles. The fourth-order valence-electron chi connectivity index (χ4n) is 1.32. The number of nitrogen functional groups attached to an aromatic ring is 1. The number of alkyl halides is 1. The van der Waals surface area contributed by atoms with E-state index >= 15 is 0 Å². The number of aliphatic hydroxyl groups is 2. The van der Waals surface area contributed by atoms with Crippen molar-refractivity contribution >= 4 is 17.5 Å². The number of halogens is 1. The minimum Gasteiger partial charge on any atom is -0.390 e. The molecule has 1 amide bonds. The van der Waals surface area contributed by atoms with Gasteiger partial charge >= 0.3 is 0 Å². The first-order valence-corrected chi connectivity index (χ1v) is 5.51. The Hall–Kier alpha value is -1.21. The van der Waals surface area contributed by atoms with E-state index in [1.807, 2.05) is 5.43 Å². The van der Waals surface area contributed by atoms with Crippen LogP contribution in [0.3, 0.4) is 0 Å². The zero-order chi connectivity index (χ0) is 12.8. The van der Waals surface area contributed by atoms with E-state index in [4.69, 9.17) is 17.4 Å². The Bertz CT molecular complexity index is 389. The zero-order valence-electron chi connectivity index (χ0n) is 9.01. The smallest absolute Gasteiger partial charge is 0.266 e. The monoisotopic (exact) mass is 259 g/mol. The van der Waals surface area contributed by atoms with Crippen LogP contribution in [0.15, 0.2) is 18.5 Å². The second kappa shape index (κ2) is 6.51. The second-order valence-electron chi connectivity index (χ2n) is 3.47. The summed E-state index contributed by atoms with van der Waals surface area (Å²) in [6.45, 7) is 0. The van der Waals surface area contributed by atoms with E-state index in [0.29, 0.717) is 5.56 Å². The summed E-state index contributed by atoms with van der Waals surface area (Å²) < 4.78 is 0. The van der Waals surface area contributed by atoms with E-state index in [1.54, 1.807) is 0 Å². The number of hydrogen-bond acceptors (Lipinski definition) is 5. The highest BCUT2D eigenvalue weighted by Crippen LogP contribution is 2.19. The first-order valence-electron chi connectivity index (χ1n) is 4.98. The fourth-order valence-corrected chi connectivity index (χ4v) is 1.54. The molecule has 1 aromatic rings. The van der Waals surface area contributed by atoms with Gasteiger partial charge in [-0.05, 0) is 12.5 Å². The van der Waals surface area contributed by atoms with Crippen LogP contribution < -0.4 is 11.3 Å². The van der Waals surface area contributed by atoms with Crippen molar-refractivity contribution in [2.45, 2.75) is 18.6 Å². The first kappa shape index (κ1) is 13.9. The molecule has 94 valence electrons. The Morgan fingerprint density at radius 2 is 2.24 bits per heavy atom. The van der Waals surface area contributed by atoms with Gasteiger partial charge in [-0.2, -0.15) is 0 Å². The number of hydrogen-bond donors (Lipinski definition) is 4. The van der Waals surface area contributed by atoms with Crippen LogP contribution in [0, 0.1) is 0 Å². The lowest BCUT2D eigenvalue weighted by atomic mass is 10.0. The van der Waals surface area contributed by atoms with E-state index in [1.165, 1.54) is 18.5 Å². The summed E-state index contributed by atoms with van der Waals surface area (Å²) in [4.78, 5) is 15.0. The Kier molecular flexibility index (Phi) is 5.30. The molecule has 1 aromatic heterocycles. The molecule has 2 atom stereocenters. The minimum atomic E-state index is -1.13. The molecule has 0 aliphatic rings. The number of carbonyl (C=O) groups is 1. The maximum atomic E-state index is 11.2. The van der Waals surface area contributed by atoms with Crippen LogP contribution in [-0.2, 0) is 0 Å². The van der Waals surface area contributed by atoms with Gasteiger partial charge in [0.2, 0.25) is 0 Å². The normalized spacial score (nSPS) is 14.1. The van der Waals surface area contributed by atoms with Crippen molar-refractivity contribution in [1.82, 2.24) is 10.4 Å². The van der Waals surface area contributed by atoms with Crippen molar-refractivity contribution in [1.29, 1.82) is 0 Å². The number of carbonyl (C=O) groups excluding carboxylic acids is 1. The van der Waals surface area contributed by atoms with Gasteiger partial charge < -0.3 is 10.2 Å². The van der Waals surface area contributed by atoms with E-state index in [0.717, 1.165) is 0 Å². The number of aromatic nitrogens is 1. The van der Waals surface area contributed by atoms with Gasteiger partial charge in [-0.1, -0.05) is 0 Å². The van der Waals surface area contributed by atoms with Gasteiger partial charge in [0.05, 0.1) is 11.7 Å². The van der Waals surface area contributed by atoms with Gasteiger partial charge in [-0.15, -0.1) is 11.6 Å². The molecule has 0 radical (unpaired) electrons. The highest BCUT2D eigenvalue weighted by molar-refractivity contribution is 6.17. The van der Waals surface area contributed by atoms with Gasteiger partial charge in [0.25, 0.3) is 5.91 Å². The quantitative estimate of drug-likeness (QED) is 0.251. The number of aliphatic hydroxyl groups excluding tert-OH is 2. The van der Waals surface area contributed by atoms with Crippen molar-refractivity contribution in [3.63, 3.8) is 0 Å². The number of amides is 1. The average Bonchev–Trinajstić information content (AvgIpc) is 2.37. The second-order valence-corrected chi connectivity index (χ2v) is 3.85. The molecule has 5 N–H and O–H groups in total. The van der Waals surface area contributed by atoms with E-state index < -0.39 is 18.1 Å². The predicted molar refractivity (Wildman–Crippen MR) is 62.2 cm³/mol. The van der Waals surface area contributed by atoms with E-state index in [2.05, 4.69) is 4.98 Å². The molecule has 0 spiro atoms. The Morgan fingerprint density at radius 1 is 1.53 bits per heavy atom. The average molecular weight is 260 g/mol. The lowest BCUT2D eigenvalue weighted by molar-refractivity contribution is 0.0167. The van der Waals surface area contributed by atoms with Crippen LogP contribution in [-0.4, -0.2) is 33.1 Å². The molecule has 1 heterocycles. The molecule has 17 heavy (non-hydrogen) atoms. The molecule has 0 aliphatic heterocycles. The molecule has 0 aliphatic carbocycles. The van der Waals surface area contributed by atoms with Crippen molar-refractivity contribution in [2.24, 2.45) is 5.84 Å². The maximum absolute atomic E-state index is 11.2. The summed E-state index contributed by atoms with van der Waals surface area (Å²) in [6, 6.07) is 1.41. The van der Waals surface area contributed by atoms with Crippen molar-refractivity contribution in [3.8, 4) is 0 Å². The lowest BCUT2D eigenvalue weighted by Crippen LogP contribution is -2.30. The highest BCUT2D eigenvalue weighted by Gasteiger charge is 2.19. The van der Waals surface area contributed by atoms with Crippen LogP contribution in [0.1, 0.15) is 28.4 Å². The lowest BCUT2D eigenvalue weighted by Gasteiger charge is -2.17. The summed E-state index contributed by atoms with van der Waals surface area (Å²) >= 11 is 5.46. The number of hydrazine groups is 1. The molecule has 7 heteroatoms. The van der Waals surface area contributed by atoms with Crippen molar-refractivity contribution in [2.75, 3.05) is 5.88 Å². The number of pyridine rings is 1. The SMILES string of the molecule is NNC(=O)c1cncc(C(O)C(O)CCCl)c1. The van der Waals surface area contributed by atoms with Crippen LogP contribution >= 0.6 is 11.6 Å². The summed E-state index contributed by atoms with van der Waals surface area (Å²) in [7, 11) is 0. The van der Waals surface area contributed by atoms with E-state index in [-0.39, 0.29) is 17.9 Å². The summed E-state index contributed by atoms with van der Waals surface area (Å²) in [5, 5.41) is 19.4. The zero-order valence-corrected chi connectivity index (χ0v) is 9.76. The van der Waals surface area contributed by atoms with Crippen molar-refractivity contribution in [3.05, 3.63) is 29.6 Å². The maximum Gasteiger partial charge on any atom is 0.266 e. The fraction of sp³-hybridized carbons (Fsp3) is 0.400. The molecule has 0 bridgehead atoms. The summed E-state index contributed by atoms with van der Waals surface area (Å²) in [6.07, 6.45) is 0.801. The molecule has 2 unspecified atom stereocenters.